The second kappa shape index (κ2) is 3.67. The first kappa shape index (κ1) is 9.61. The highest BCUT2D eigenvalue weighted by atomic mass is 16.1. The van der Waals surface area contributed by atoms with E-state index in [4.69, 9.17) is 11.5 Å². The Balaban J connectivity index is 2.76. The minimum Gasteiger partial charge on any atom is -0.364 e. The number of nitrogens with two attached hydrogens (primary N) is 2. The van der Waals surface area contributed by atoms with Crippen molar-refractivity contribution in [3.63, 3.8) is 0 Å². The van der Waals surface area contributed by atoms with Crippen LogP contribution in [0.5, 0.6) is 0 Å². The zero-order valence-electron chi connectivity index (χ0n) is 7.97. The number of carbonyl (C=O) groups is 1. The number of primary amides is 1. The molecular formula is C11H10N3O. The predicted molar refractivity (Wildman–Crippen MR) is 57.9 cm³/mol. The number of nitrogens with zero attached hydrogens (tertiary/aromatic N) is 1. The fraction of sp³-hybridized carbons (Fsp3) is 0. The summed E-state index contributed by atoms with van der Waals surface area (Å²) >= 11 is 0. The molecule has 0 bridgehead atoms. The van der Waals surface area contributed by atoms with Gasteiger partial charge >= 0.3 is 0 Å². The molecule has 2 rings (SSSR count). The van der Waals surface area contributed by atoms with Crippen LogP contribution in [0, 0.1) is 6.54 Å². The summed E-state index contributed by atoms with van der Waals surface area (Å²) < 4.78 is 0. The van der Waals surface area contributed by atoms with Crippen molar-refractivity contribution < 1.29 is 4.79 Å². The number of amides is 1. The van der Waals surface area contributed by atoms with Crippen LogP contribution < -0.4 is 11.5 Å². The van der Waals surface area contributed by atoms with Crippen LogP contribution in [-0.2, 0) is 0 Å². The highest BCUT2D eigenvalue weighted by Gasteiger charge is 2.07. The minimum atomic E-state index is -0.533. The van der Waals surface area contributed by atoms with E-state index in [0.29, 0.717) is 0 Å². The number of aromatic nitrogens is 1. The lowest BCUT2D eigenvalue weighted by atomic mass is 10.1. The molecule has 4 heteroatoms. The molecule has 15 heavy (non-hydrogen) atoms. The van der Waals surface area contributed by atoms with E-state index in [0.717, 1.165) is 16.3 Å². The van der Waals surface area contributed by atoms with E-state index in [1.807, 2.05) is 18.2 Å². The first-order valence-electron chi connectivity index (χ1n) is 4.46. The smallest absolute Gasteiger partial charge is 0.267 e. The monoisotopic (exact) mass is 200 g/mol. The highest BCUT2D eigenvalue weighted by molar-refractivity contribution is 6.04. The van der Waals surface area contributed by atoms with Gasteiger partial charge in [-0.25, -0.2) is 0 Å². The van der Waals surface area contributed by atoms with Crippen LogP contribution in [0.2, 0.25) is 0 Å². The molecule has 0 aliphatic rings. The molecule has 4 nitrogen and oxygen atoms in total. The van der Waals surface area contributed by atoms with Gasteiger partial charge < -0.3 is 11.5 Å². The molecule has 0 spiro atoms. The van der Waals surface area contributed by atoms with Crippen molar-refractivity contribution in [3.8, 4) is 0 Å². The third-order valence-electron chi connectivity index (χ3n) is 2.22. The molecule has 0 aliphatic heterocycles. The maximum absolute atomic E-state index is 11.1. The minimum absolute atomic E-state index is 0.274. The van der Waals surface area contributed by atoms with Crippen LogP contribution in [0.4, 0.5) is 0 Å². The molecule has 1 aromatic heterocycles. The fourth-order valence-corrected chi connectivity index (χ4v) is 1.49. The van der Waals surface area contributed by atoms with E-state index < -0.39 is 5.91 Å². The van der Waals surface area contributed by atoms with Gasteiger partial charge in [0.1, 0.15) is 5.69 Å². The molecule has 0 saturated heterocycles. The van der Waals surface area contributed by atoms with E-state index in [2.05, 4.69) is 4.98 Å². The Morgan fingerprint density at radius 1 is 1.33 bits per heavy atom. The molecule has 0 atom stereocenters. The second-order valence-electron chi connectivity index (χ2n) is 3.17. The van der Waals surface area contributed by atoms with Crippen LogP contribution in [0.25, 0.3) is 10.8 Å². The number of rotatable bonds is 2. The van der Waals surface area contributed by atoms with Crippen LogP contribution >= 0.6 is 0 Å². The van der Waals surface area contributed by atoms with Gasteiger partial charge in [0.2, 0.25) is 0 Å². The standard InChI is InChI=1S/C11H10N3O/c12-6-7-1-2-8-3-4-14-10(11(13)15)9(8)5-7/h1-6H,12H2,(H2,13,15). The van der Waals surface area contributed by atoms with Gasteiger partial charge in [-0.2, -0.15) is 0 Å². The summed E-state index contributed by atoms with van der Waals surface area (Å²) in [5, 5.41) is 1.65. The van der Waals surface area contributed by atoms with E-state index in [1.54, 1.807) is 12.3 Å². The zero-order valence-corrected chi connectivity index (χ0v) is 7.97. The van der Waals surface area contributed by atoms with Gasteiger partial charge in [-0.15, -0.1) is 0 Å². The first-order chi connectivity index (χ1) is 7.22. The van der Waals surface area contributed by atoms with Crippen molar-refractivity contribution in [2.24, 2.45) is 11.5 Å². The maximum Gasteiger partial charge on any atom is 0.267 e. The average Bonchev–Trinajstić information content (AvgIpc) is 2.27. The highest BCUT2D eigenvalue weighted by Crippen LogP contribution is 2.18. The van der Waals surface area contributed by atoms with Crippen molar-refractivity contribution in [1.82, 2.24) is 4.98 Å². The Labute approximate surface area is 86.9 Å². The lowest BCUT2D eigenvalue weighted by molar-refractivity contribution is 0.0997. The van der Waals surface area contributed by atoms with Crippen LogP contribution in [0.15, 0.2) is 30.5 Å². The number of carbonyl (C=O) groups excluding carboxylic acids is 1. The van der Waals surface area contributed by atoms with Crippen molar-refractivity contribution >= 4 is 16.7 Å². The zero-order chi connectivity index (χ0) is 10.8. The molecule has 1 amide bonds. The Bertz CT molecular complexity index is 522. The lowest BCUT2D eigenvalue weighted by Gasteiger charge is -2.03. The van der Waals surface area contributed by atoms with Gasteiger partial charge in [0.05, 0.1) is 0 Å². The summed E-state index contributed by atoms with van der Waals surface area (Å²) in [5.74, 6) is -0.533. The van der Waals surface area contributed by atoms with E-state index >= 15 is 0 Å². The quantitative estimate of drug-likeness (QED) is 0.752. The molecule has 0 unspecified atom stereocenters. The lowest BCUT2D eigenvalue weighted by Crippen LogP contribution is -2.13. The van der Waals surface area contributed by atoms with Gasteiger partial charge in [-0.3, -0.25) is 9.78 Å². The van der Waals surface area contributed by atoms with E-state index in [1.165, 1.54) is 6.54 Å². The normalized spacial score (nSPS) is 10.5. The third kappa shape index (κ3) is 1.67. The molecule has 0 fully saturated rings. The Kier molecular flexibility index (Phi) is 2.35. The Morgan fingerprint density at radius 3 is 2.80 bits per heavy atom. The number of pyridine rings is 1. The summed E-state index contributed by atoms with van der Waals surface area (Å²) in [4.78, 5) is 15.1. The van der Waals surface area contributed by atoms with Crippen molar-refractivity contribution in [1.29, 1.82) is 0 Å². The first-order valence-corrected chi connectivity index (χ1v) is 4.46. The van der Waals surface area contributed by atoms with Gasteiger partial charge in [-0.1, -0.05) is 12.1 Å². The maximum atomic E-state index is 11.1. The molecule has 4 N–H and O–H groups in total. The molecule has 1 heterocycles. The van der Waals surface area contributed by atoms with Gasteiger partial charge in [-0.05, 0) is 23.1 Å². The molecule has 75 valence electrons. The molecule has 1 radical (unpaired) electrons. The van der Waals surface area contributed by atoms with Crippen molar-refractivity contribution in [2.75, 3.05) is 0 Å². The summed E-state index contributed by atoms with van der Waals surface area (Å²) in [6, 6.07) is 7.36. The van der Waals surface area contributed by atoms with Crippen molar-refractivity contribution in [3.05, 3.63) is 48.3 Å². The SMILES string of the molecule is N[CH]c1ccc2ccnc(C(N)=O)c2c1. The molecular weight excluding hydrogens is 190 g/mol. The van der Waals surface area contributed by atoms with Crippen LogP contribution in [0.3, 0.4) is 0 Å². The summed E-state index contributed by atoms with van der Waals surface area (Å²) in [5.41, 5.74) is 11.7. The number of hydrogen-bond donors (Lipinski definition) is 2. The summed E-state index contributed by atoms with van der Waals surface area (Å²) in [7, 11) is 0. The summed E-state index contributed by atoms with van der Waals surface area (Å²) in [6.45, 7) is 1.47. The topological polar surface area (TPSA) is 82.0 Å². The Morgan fingerprint density at radius 2 is 2.13 bits per heavy atom. The van der Waals surface area contributed by atoms with Gasteiger partial charge in [0.25, 0.3) is 5.91 Å². The van der Waals surface area contributed by atoms with Crippen LogP contribution in [-0.4, -0.2) is 10.9 Å². The predicted octanol–water partition coefficient (Wildman–Crippen LogP) is 0.802. The Hall–Kier alpha value is -1.94. The van der Waals surface area contributed by atoms with Gasteiger partial charge in [0.15, 0.2) is 0 Å². The average molecular weight is 200 g/mol. The van der Waals surface area contributed by atoms with Crippen molar-refractivity contribution in [2.45, 2.75) is 0 Å². The van der Waals surface area contributed by atoms with Crippen LogP contribution in [0.1, 0.15) is 16.1 Å². The molecule has 0 aliphatic carbocycles. The molecule has 1 aromatic carbocycles. The molecule has 2 aromatic rings. The van der Waals surface area contributed by atoms with Gasteiger partial charge in [0, 0.05) is 18.1 Å². The van der Waals surface area contributed by atoms with E-state index in [9.17, 15) is 4.79 Å². The third-order valence-corrected chi connectivity index (χ3v) is 2.22. The second-order valence-corrected chi connectivity index (χ2v) is 3.17. The largest absolute Gasteiger partial charge is 0.364 e. The number of benzene rings is 1. The fourth-order valence-electron chi connectivity index (χ4n) is 1.49. The number of fused-ring (bicyclic) bond motifs is 1. The number of hydrogen-bond acceptors (Lipinski definition) is 3. The molecule has 0 saturated carbocycles. The summed E-state index contributed by atoms with van der Waals surface area (Å²) in [6.07, 6.45) is 1.56. The van der Waals surface area contributed by atoms with E-state index in [-0.39, 0.29) is 5.69 Å².